The van der Waals surface area contributed by atoms with E-state index in [0.717, 1.165) is 12.3 Å². The summed E-state index contributed by atoms with van der Waals surface area (Å²) in [7, 11) is 0. The largest absolute Gasteiger partial charge is 0.391 e. The summed E-state index contributed by atoms with van der Waals surface area (Å²) < 4.78 is 0. The smallest absolute Gasteiger partial charge is 0.0695 e. The highest BCUT2D eigenvalue weighted by molar-refractivity contribution is 4.95. The van der Waals surface area contributed by atoms with E-state index in [9.17, 15) is 5.11 Å². The molecule has 2 bridgehead atoms. The van der Waals surface area contributed by atoms with Crippen LogP contribution in [0.3, 0.4) is 0 Å². The zero-order valence-corrected chi connectivity index (χ0v) is 8.03. The first-order valence-corrected chi connectivity index (χ1v) is 5.12. The second-order valence-electron chi connectivity index (χ2n) is 4.60. The topological polar surface area (TPSA) is 23.5 Å². The number of rotatable bonds is 1. The van der Waals surface area contributed by atoms with Crippen LogP contribution >= 0.6 is 0 Å². The van der Waals surface area contributed by atoms with Crippen molar-refractivity contribution in [3.8, 4) is 0 Å². The van der Waals surface area contributed by atoms with Crippen LogP contribution < -0.4 is 0 Å². The summed E-state index contributed by atoms with van der Waals surface area (Å²) >= 11 is 0. The summed E-state index contributed by atoms with van der Waals surface area (Å²) in [5, 5.41) is 9.77. The van der Waals surface area contributed by atoms with E-state index in [1.165, 1.54) is 19.4 Å². The second-order valence-corrected chi connectivity index (χ2v) is 4.60. The van der Waals surface area contributed by atoms with E-state index in [-0.39, 0.29) is 6.10 Å². The lowest BCUT2D eigenvalue weighted by Crippen LogP contribution is -2.42. The standard InChI is InChI=1S/C10H19NO/c1-7(2)11-6-8-3-4-10(12)9(11)5-8/h7-10,12H,3-6H2,1-2H3. The number of fused-ring (bicyclic) bond motifs is 2. The molecule has 0 spiro atoms. The zero-order chi connectivity index (χ0) is 8.72. The molecule has 70 valence electrons. The van der Waals surface area contributed by atoms with E-state index in [0.29, 0.717) is 12.1 Å². The van der Waals surface area contributed by atoms with Gasteiger partial charge in [0.1, 0.15) is 0 Å². The molecule has 1 aliphatic heterocycles. The maximum absolute atomic E-state index is 9.77. The third kappa shape index (κ3) is 1.27. The van der Waals surface area contributed by atoms with Gasteiger partial charge in [0.25, 0.3) is 0 Å². The van der Waals surface area contributed by atoms with Crippen LogP contribution in [0.5, 0.6) is 0 Å². The fourth-order valence-corrected chi connectivity index (χ4v) is 2.76. The minimum absolute atomic E-state index is 0.0499. The molecule has 1 N–H and O–H groups in total. The SMILES string of the molecule is CC(C)N1CC2CCC(O)C1C2. The van der Waals surface area contributed by atoms with Crippen molar-refractivity contribution in [3.05, 3.63) is 0 Å². The van der Waals surface area contributed by atoms with Gasteiger partial charge in [-0.15, -0.1) is 0 Å². The molecule has 2 nitrogen and oxygen atoms in total. The Labute approximate surface area is 74.6 Å². The predicted octanol–water partition coefficient (Wildman–Crippen LogP) is 1.24. The molecule has 1 heterocycles. The maximum Gasteiger partial charge on any atom is 0.0695 e. The number of nitrogens with zero attached hydrogens (tertiary/aromatic N) is 1. The van der Waals surface area contributed by atoms with Crippen LogP contribution in [-0.4, -0.2) is 34.7 Å². The number of likely N-dealkylation sites (tertiary alicyclic amines) is 1. The van der Waals surface area contributed by atoms with Crippen LogP contribution in [0, 0.1) is 5.92 Å². The van der Waals surface area contributed by atoms with Crippen molar-refractivity contribution < 1.29 is 5.11 Å². The average Bonchev–Trinajstić information content (AvgIpc) is 2.37. The third-order valence-corrected chi connectivity index (χ3v) is 3.45. The van der Waals surface area contributed by atoms with E-state index >= 15 is 0 Å². The van der Waals surface area contributed by atoms with Gasteiger partial charge in [-0.05, 0) is 39.0 Å². The lowest BCUT2D eigenvalue weighted by atomic mass is 9.88. The summed E-state index contributed by atoms with van der Waals surface area (Å²) in [4.78, 5) is 2.47. The maximum atomic E-state index is 9.77. The predicted molar refractivity (Wildman–Crippen MR) is 49.0 cm³/mol. The monoisotopic (exact) mass is 169 g/mol. The molecule has 0 radical (unpaired) electrons. The Morgan fingerprint density at radius 1 is 1.33 bits per heavy atom. The van der Waals surface area contributed by atoms with Gasteiger partial charge >= 0.3 is 0 Å². The lowest BCUT2D eigenvalue weighted by Gasteiger charge is -2.31. The molecular formula is C10H19NO. The molecule has 1 saturated heterocycles. The fourth-order valence-electron chi connectivity index (χ4n) is 2.76. The fraction of sp³-hybridized carbons (Fsp3) is 1.00. The number of aliphatic hydroxyl groups excluding tert-OH is 1. The van der Waals surface area contributed by atoms with Crippen molar-refractivity contribution in [3.63, 3.8) is 0 Å². The highest BCUT2D eigenvalue weighted by atomic mass is 16.3. The van der Waals surface area contributed by atoms with Gasteiger partial charge in [0.15, 0.2) is 0 Å². The Balaban J connectivity index is 2.09. The van der Waals surface area contributed by atoms with Crippen molar-refractivity contribution in [2.75, 3.05) is 6.54 Å². The normalized spacial score (nSPS) is 42.5. The zero-order valence-electron chi connectivity index (χ0n) is 8.03. The molecule has 0 aromatic carbocycles. The van der Waals surface area contributed by atoms with Crippen LogP contribution in [0.1, 0.15) is 33.1 Å². The molecular weight excluding hydrogens is 150 g/mol. The Morgan fingerprint density at radius 3 is 2.75 bits per heavy atom. The first-order valence-electron chi connectivity index (χ1n) is 5.12. The van der Waals surface area contributed by atoms with Gasteiger partial charge in [0, 0.05) is 18.6 Å². The van der Waals surface area contributed by atoms with Crippen molar-refractivity contribution in [2.45, 2.75) is 51.3 Å². The van der Waals surface area contributed by atoms with Gasteiger partial charge in [-0.2, -0.15) is 0 Å². The molecule has 2 aliphatic rings. The number of hydrogen-bond donors (Lipinski definition) is 1. The van der Waals surface area contributed by atoms with Gasteiger partial charge in [-0.25, -0.2) is 0 Å². The van der Waals surface area contributed by atoms with Crippen molar-refractivity contribution in [2.24, 2.45) is 5.92 Å². The Bertz CT molecular complexity index is 169. The van der Waals surface area contributed by atoms with E-state index in [4.69, 9.17) is 0 Å². The van der Waals surface area contributed by atoms with Crippen molar-refractivity contribution in [1.82, 2.24) is 4.90 Å². The first kappa shape index (κ1) is 8.52. The summed E-state index contributed by atoms with van der Waals surface area (Å²) in [6.45, 7) is 5.68. The molecule has 0 amide bonds. The lowest BCUT2D eigenvalue weighted by molar-refractivity contribution is 0.0483. The highest BCUT2D eigenvalue weighted by Gasteiger charge is 2.41. The van der Waals surface area contributed by atoms with Gasteiger partial charge < -0.3 is 5.11 Å². The van der Waals surface area contributed by atoms with Crippen LogP contribution in [0.4, 0.5) is 0 Å². The van der Waals surface area contributed by atoms with E-state index in [2.05, 4.69) is 18.7 Å². The summed E-state index contributed by atoms with van der Waals surface area (Å²) in [5.41, 5.74) is 0. The molecule has 12 heavy (non-hydrogen) atoms. The highest BCUT2D eigenvalue weighted by Crippen LogP contribution is 2.36. The second kappa shape index (κ2) is 3.00. The molecule has 0 aromatic rings. The van der Waals surface area contributed by atoms with Crippen molar-refractivity contribution in [1.29, 1.82) is 0 Å². The van der Waals surface area contributed by atoms with E-state index < -0.39 is 0 Å². The molecule has 2 fully saturated rings. The molecule has 2 rings (SSSR count). The van der Waals surface area contributed by atoms with Crippen LogP contribution in [-0.2, 0) is 0 Å². The van der Waals surface area contributed by atoms with Gasteiger partial charge in [-0.3, -0.25) is 4.90 Å². The quantitative estimate of drug-likeness (QED) is 0.638. The van der Waals surface area contributed by atoms with Crippen LogP contribution in [0.2, 0.25) is 0 Å². The van der Waals surface area contributed by atoms with E-state index in [1.807, 2.05) is 0 Å². The molecule has 3 atom stereocenters. The number of hydrogen-bond acceptors (Lipinski definition) is 2. The minimum atomic E-state index is -0.0499. The Morgan fingerprint density at radius 2 is 2.08 bits per heavy atom. The Hall–Kier alpha value is -0.0800. The molecule has 1 aliphatic carbocycles. The molecule has 1 saturated carbocycles. The van der Waals surface area contributed by atoms with Gasteiger partial charge in [0.2, 0.25) is 0 Å². The first-order chi connectivity index (χ1) is 5.68. The molecule has 3 unspecified atom stereocenters. The third-order valence-electron chi connectivity index (χ3n) is 3.45. The van der Waals surface area contributed by atoms with Crippen LogP contribution in [0.15, 0.2) is 0 Å². The summed E-state index contributed by atoms with van der Waals surface area (Å²) in [6, 6.07) is 1.08. The Kier molecular flexibility index (Phi) is 2.13. The van der Waals surface area contributed by atoms with Crippen molar-refractivity contribution >= 4 is 0 Å². The minimum Gasteiger partial charge on any atom is -0.391 e. The summed E-state index contributed by atoms with van der Waals surface area (Å²) in [6.07, 6.45) is 3.45. The van der Waals surface area contributed by atoms with E-state index in [1.54, 1.807) is 0 Å². The van der Waals surface area contributed by atoms with Crippen LogP contribution in [0.25, 0.3) is 0 Å². The molecule has 0 aromatic heterocycles. The molecule has 2 heteroatoms. The van der Waals surface area contributed by atoms with Gasteiger partial charge in [0.05, 0.1) is 6.10 Å². The number of aliphatic hydroxyl groups is 1. The average molecular weight is 169 g/mol. The van der Waals surface area contributed by atoms with Gasteiger partial charge in [-0.1, -0.05) is 0 Å². The summed E-state index contributed by atoms with van der Waals surface area (Å²) in [5.74, 6) is 0.876.